The number of nitrogens with two attached hydrogens (primary N) is 2. The van der Waals surface area contributed by atoms with E-state index in [9.17, 15) is 9.90 Å². The highest BCUT2D eigenvalue weighted by Gasteiger charge is 2.48. The molecule has 10 rings (SSSR count). The van der Waals surface area contributed by atoms with Gasteiger partial charge in [0, 0.05) is 61.0 Å². The van der Waals surface area contributed by atoms with E-state index in [1.54, 1.807) is 63.2 Å². The zero-order chi connectivity index (χ0) is 59.5. The lowest BCUT2D eigenvalue weighted by Gasteiger charge is -2.42. The monoisotopic (exact) mass is 1270 g/mol. The molecule has 81 heavy (non-hydrogen) atoms. The molecule has 2 spiro atoms. The summed E-state index contributed by atoms with van der Waals surface area (Å²) in [6, 6.07) is 16.2. The van der Waals surface area contributed by atoms with Gasteiger partial charge in [-0.05, 0) is 91.6 Å². The maximum absolute atomic E-state index is 11.5. The molecule has 0 saturated carbocycles. The largest absolute Gasteiger partial charge is 0.390 e. The number of aromatic nitrogens is 6. The lowest BCUT2D eigenvalue weighted by molar-refractivity contribution is 0.0951. The molecule has 7 heterocycles. The van der Waals surface area contributed by atoms with Gasteiger partial charge in [-0.15, -0.1) is 0 Å². The average Bonchev–Trinajstić information content (AvgIpc) is 4.03. The van der Waals surface area contributed by atoms with Gasteiger partial charge in [0.15, 0.2) is 21.9 Å². The highest BCUT2D eigenvalue weighted by molar-refractivity contribution is 6.45. The Morgan fingerprint density at radius 1 is 0.642 bits per heavy atom. The van der Waals surface area contributed by atoms with E-state index >= 15 is 0 Å². The van der Waals surface area contributed by atoms with Crippen molar-refractivity contribution in [3.8, 4) is 33.8 Å². The van der Waals surface area contributed by atoms with Crippen molar-refractivity contribution in [2.24, 2.45) is 22.3 Å². The summed E-state index contributed by atoms with van der Waals surface area (Å²) in [6.07, 6.45) is 4.58. The molecule has 440 valence electrons. The Hall–Kier alpha value is -3.59. The molecule has 0 radical (unpaired) electrons. The number of nitrogens with zero attached hydrogens (tertiary/aromatic N) is 7. The van der Waals surface area contributed by atoms with Crippen LogP contribution < -0.4 is 21.7 Å². The Bertz CT molecular complexity index is 3150. The second-order valence-corrected chi connectivity index (χ2v) is 22.9. The van der Waals surface area contributed by atoms with Gasteiger partial charge in [0.25, 0.3) is 0 Å². The number of halogens is 8. The predicted octanol–water partition coefficient (Wildman–Crippen LogP) is 13.9. The first-order valence-corrected chi connectivity index (χ1v) is 29.0. The number of piperidine rings is 2. The number of anilines is 1. The molecule has 4 atom stereocenters. The molecule has 4 aliphatic rings. The molecule has 0 aliphatic carbocycles. The average molecular weight is 1270 g/mol. The minimum atomic E-state index is -0.280. The number of nitrogens with one attached hydrogen (secondary N) is 1. The van der Waals surface area contributed by atoms with E-state index in [0.29, 0.717) is 106 Å². The molecule has 4 fully saturated rings. The van der Waals surface area contributed by atoms with Gasteiger partial charge < -0.3 is 41.4 Å². The van der Waals surface area contributed by atoms with Crippen molar-refractivity contribution in [1.82, 2.24) is 35.2 Å². The predicted molar refractivity (Wildman–Crippen MR) is 332 cm³/mol. The Morgan fingerprint density at radius 3 is 1.42 bits per heavy atom. The first-order chi connectivity index (χ1) is 38.5. The van der Waals surface area contributed by atoms with Crippen LogP contribution in [0.4, 0.5) is 5.82 Å². The summed E-state index contributed by atoms with van der Waals surface area (Å²) in [5.41, 5.74) is 19.5. The highest BCUT2D eigenvalue weighted by atomic mass is 35.5. The normalized spacial score (nSPS) is 19.6. The third-order valence-electron chi connectivity index (χ3n) is 14.8. The van der Waals surface area contributed by atoms with Crippen molar-refractivity contribution in [3.05, 3.63) is 129 Å². The fraction of sp³-hybridized carbons (Fsp3) is 0.466. The molecular weight excluding hydrogens is 1200 g/mol. The summed E-state index contributed by atoms with van der Waals surface area (Å²) in [5.74, 6) is 0.471. The molecule has 3 aromatic heterocycles. The molecule has 0 amide bonds. The van der Waals surface area contributed by atoms with Crippen LogP contribution in [0.15, 0.2) is 54.6 Å². The number of aliphatic hydroxyl groups excluding tert-OH is 2. The van der Waals surface area contributed by atoms with Crippen LogP contribution in [0.1, 0.15) is 108 Å². The second-order valence-electron chi connectivity index (χ2n) is 19.8. The number of benzene rings is 3. The van der Waals surface area contributed by atoms with E-state index in [0.717, 1.165) is 57.1 Å². The van der Waals surface area contributed by atoms with E-state index < -0.39 is 0 Å². The van der Waals surface area contributed by atoms with Crippen molar-refractivity contribution in [1.29, 1.82) is 0 Å². The standard InChI is InChI=1S/C21H26Cl2N4O2.C13H9Cl3N2O.C12H9Cl3N2O.C9H18N2O.C2H6.CH4/c1-12-18(14-4-3-5-15(22)17(14)23)26-16(10-28)20(25-12)27-8-6-21(7-9-27)11-29-13(2)19(21)24;1-6-11(8-4-3-5-9(14)10(8)15)18-12(7(2)19)13(16)17-6;1-6-11(17-9(5-18)12(15)16-6)7-3-2-4-8(13)10(7)14;1-7-8(10)9(6-12-7)2-4-11-5-3-9;1-2;/h3-5,13,19,28H,6-11,24H2,1-2H3;3-5H,1-2H3;2-4,18H,5H2,1H3;7-8,11H,2-6,10H2,1H3;1-2H3;1H4/t13-,19+;;;7-,8+;;/m1..1../s1/i;;;;1D;. The molecule has 0 unspecified atom stereocenters. The smallest absolute Gasteiger partial charge is 0.181 e. The van der Waals surface area contributed by atoms with E-state index in [-0.39, 0.29) is 72.1 Å². The second kappa shape index (κ2) is 30.5. The SMILES string of the molecule is C.CC(=O)c1nc(-c2cccc(Cl)c2Cl)c(C)nc1Cl.C[C@H]1OCC2(CCNCC2)[C@H]1N.Cc1nc(Cl)c(CO)nc1-c1cccc(Cl)c1Cl.Cc1nc(N2CCC3(CC2)CO[C@H](C)[C@@H]3N)c(CO)nc1-c1cccc(Cl)c1Cl.[2H]CC. The third-order valence-corrected chi connectivity index (χ3v) is 17.9. The number of ketones is 1. The Kier molecular flexibility index (Phi) is 25.0. The third kappa shape index (κ3) is 15.7. The molecule has 4 aliphatic heterocycles. The maximum Gasteiger partial charge on any atom is 0.181 e. The number of Topliss-reactive ketones (excluding diaryl/α,β-unsaturated/α-hetero) is 1. The van der Waals surface area contributed by atoms with Crippen LogP contribution in [0.2, 0.25) is 40.4 Å². The minimum absolute atomic E-state index is 0. The maximum atomic E-state index is 11.5. The van der Waals surface area contributed by atoms with E-state index in [2.05, 4.69) is 37.1 Å². The Morgan fingerprint density at radius 2 is 1.02 bits per heavy atom. The van der Waals surface area contributed by atoms with Crippen LogP contribution in [-0.2, 0) is 22.7 Å². The van der Waals surface area contributed by atoms with Gasteiger partial charge in [0.2, 0.25) is 0 Å². The van der Waals surface area contributed by atoms with Gasteiger partial charge in [-0.25, -0.2) is 29.9 Å². The van der Waals surface area contributed by atoms with Crippen molar-refractivity contribution in [2.75, 3.05) is 44.3 Å². The summed E-state index contributed by atoms with van der Waals surface area (Å²) in [4.78, 5) is 40.0. The Labute approximate surface area is 517 Å². The van der Waals surface area contributed by atoms with E-state index in [1.165, 1.54) is 19.8 Å². The molecule has 23 heteroatoms. The number of carbonyl (C=O) groups excluding carboxylic acids is 1. The zero-order valence-electron chi connectivity index (χ0n) is 46.6. The molecule has 6 aromatic rings. The van der Waals surface area contributed by atoms with Crippen LogP contribution in [0.5, 0.6) is 0 Å². The van der Waals surface area contributed by atoms with Crippen LogP contribution in [0, 0.1) is 31.6 Å². The number of hydrogen-bond acceptors (Lipinski definition) is 15. The summed E-state index contributed by atoms with van der Waals surface area (Å²) in [5, 5.41) is 25.3. The number of carbonyl (C=O) groups is 1. The summed E-state index contributed by atoms with van der Waals surface area (Å²) >= 11 is 48.6. The first-order valence-electron chi connectivity index (χ1n) is 26.7. The quantitative estimate of drug-likeness (QED) is 0.0939. The summed E-state index contributed by atoms with van der Waals surface area (Å²) < 4.78 is 17.6. The van der Waals surface area contributed by atoms with Gasteiger partial charge >= 0.3 is 0 Å². The van der Waals surface area contributed by atoms with Gasteiger partial charge in [-0.1, -0.05) is 150 Å². The molecule has 4 saturated heterocycles. The number of hydrogen-bond donors (Lipinski definition) is 5. The van der Waals surface area contributed by atoms with Crippen LogP contribution in [-0.4, -0.2) is 110 Å². The molecule has 15 nitrogen and oxygen atoms in total. The van der Waals surface area contributed by atoms with Crippen molar-refractivity contribution in [3.63, 3.8) is 0 Å². The zero-order valence-corrected chi connectivity index (χ0v) is 51.7. The summed E-state index contributed by atoms with van der Waals surface area (Å²) in [7, 11) is 0. The topological polar surface area (TPSA) is 221 Å². The lowest BCUT2D eigenvalue weighted by atomic mass is 9.73. The van der Waals surface area contributed by atoms with Gasteiger partial charge in [-0.3, -0.25) is 4.79 Å². The lowest BCUT2D eigenvalue weighted by Crippen LogP contribution is -2.51. The highest BCUT2D eigenvalue weighted by Crippen LogP contribution is 2.44. The van der Waals surface area contributed by atoms with Gasteiger partial charge in [-0.2, -0.15) is 0 Å². The van der Waals surface area contributed by atoms with Gasteiger partial charge in [0.05, 0.1) is 103 Å². The Balaban J connectivity index is 0.000000205. The van der Waals surface area contributed by atoms with Crippen LogP contribution >= 0.6 is 92.8 Å². The van der Waals surface area contributed by atoms with Crippen molar-refractivity contribution >= 4 is 104 Å². The molecule has 7 N–H and O–H groups in total. The number of ether oxygens (including phenoxy) is 2. The van der Waals surface area contributed by atoms with E-state index in [1.807, 2.05) is 26.0 Å². The molecular formula is C58H72Cl8N10O5. The number of aliphatic hydroxyl groups is 2. The van der Waals surface area contributed by atoms with Gasteiger partial charge in [0.1, 0.15) is 17.1 Å². The molecule has 3 aromatic carbocycles. The van der Waals surface area contributed by atoms with Crippen molar-refractivity contribution < 1.29 is 25.9 Å². The minimum Gasteiger partial charge on any atom is -0.390 e. The fourth-order valence-electron chi connectivity index (χ4n) is 10.1. The van der Waals surface area contributed by atoms with Crippen LogP contribution in [0.25, 0.3) is 33.8 Å². The summed E-state index contributed by atoms with van der Waals surface area (Å²) in [6.45, 7) is 18.1. The molecule has 0 bridgehead atoms. The first kappa shape index (κ1) is 66.5. The van der Waals surface area contributed by atoms with Crippen LogP contribution in [0.3, 0.4) is 0 Å². The van der Waals surface area contributed by atoms with E-state index in [4.69, 9.17) is 130 Å². The van der Waals surface area contributed by atoms with Crippen molar-refractivity contribution in [2.45, 2.75) is 126 Å². The number of aryl methyl sites for hydroxylation is 3. The fourth-order valence-corrected chi connectivity index (χ4v) is 11.8. The number of rotatable bonds is 7.